The Kier molecular flexibility index (Phi) is 4.25. The Morgan fingerprint density at radius 2 is 1.58 bits per heavy atom. The third-order valence-electron chi connectivity index (χ3n) is 5.87. The molecule has 104 valence electrons. The lowest BCUT2D eigenvalue weighted by Crippen LogP contribution is -2.24. The molecule has 2 saturated carbocycles. The predicted octanol–water partition coefficient (Wildman–Crippen LogP) is 5.79. The highest BCUT2D eigenvalue weighted by Gasteiger charge is 2.35. The van der Waals surface area contributed by atoms with Crippen LogP contribution in [0.5, 0.6) is 0 Å². The van der Waals surface area contributed by atoms with E-state index in [0.29, 0.717) is 0 Å². The Labute approximate surface area is 118 Å². The lowest BCUT2D eigenvalue weighted by Gasteiger charge is -2.35. The van der Waals surface area contributed by atoms with Gasteiger partial charge in [-0.1, -0.05) is 75.8 Å². The van der Waals surface area contributed by atoms with Gasteiger partial charge in [-0.05, 0) is 42.1 Å². The summed E-state index contributed by atoms with van der Waals surface area (Å²) in [6, 6.07) is 11.3. The van der Waals surface area contributed by atoms with Gasteiger partial charge in [0.15, 0.2) is 0 Å². The van der Waals surface area contributed by atoms with Crippen molar-refractivity contribution in [2.75, 3.05) is 0 Å². The fraction of sp³-hybridized carbons (Fsp3) is 0.684. The Morgan fingerprint density at radius 1 is 0.842 bits per heavy atom. The van der Waals surface area contributed by atoms with Gasteiger partial charge < -0.3 is 0 Å². The van der Waals surface area contributed by atoms with Crippen molar-refractivity contribution in [1.82, 2.24) is 0 Å². The smallest absolute Gasteiger partial charge is 0.0131 e. The van der Waals surface area contributed by atoms with Crippen molar-refractivity contribution in [1.29, 1.82) is 0 Å². The van der Waals surface area contributed by atoms with Gasteiger partial charge in [0.2, 0.25) is 0 Å². The number of benzene rings is 1. The van der Waals surface area contributed by atoms with E-state index in [0.717, 1.165) is 23.7 Å². The first kappa shape index (κ1) is 13.2. The summed E-state index contributed by atoms with van der Waals surface area (Å²) >= 11 is 0. The van der Waals surface area contributed by atoms with Crippen LogP contribution in [0.15, 0.2) is 30.3 Å². The van der Waals surface area contributed by atoms with Crippen molar-refractivity contribution >= 4 is 0 Å². The van der Waals surface area contributed by atoms with Gasteiger partial charge >= 0.3 is 0 Å². The molecule has 1 aromatic rings. The van der Waals surface area contributed by atoms with Crippen molar-refractivity contribution in [3.8, 4) is 0 Å². The standard InChI is InChI=1S/C19H28/c1-15(16-9-4-2-5-10-16)18-13-8-14-19(18)17-11-6-3-7-12-17/h3,6-7,11-12,15-16,18-19H,2,4-5,8-10,13-14H2,1H3/t15-,18?,19?/m0/s1. The lowest BCUT2D eigenvalue weighted by molar-refractivity contribution is 0.184. The zero-order valence-corrected chi connectivity index (χ0v) is 12.4. The molecule has 3 rings (SSSR count). The number of rotatable bonds is 3. The molecule has 3 atom stereocenters. The van der Waals surface area contributed by atoms with Gasteiger partial charge in [-0.3, -0.25) is 0 Å². The summed E-state index contributed by atoms with van der Waals surface area (Å²) in [6.45, 7) is 2.56. The Bertz CT molecular complexity index is 374. The van der Waals surface area contributed by atoms with Crippen LogP contribution >= 0.6 is 0 Å². The molecule has 0 aromatic heterocycles. The minimum absolute atomic E-state index is 0.845. The molecule has 0 heterocycles. The van der Waals surface area contributed by atoms with Crippen LogP contribution in [0.3, 0.4) is 0 Å². The van der Waals surface area contributed by atoms with E-state index >= 15 is 0 Å². The van der Waals surface area contributed by atoms with Crippen molar-refractivity contribution in [3.63, 3.8) is 0 Å². The van der Waals surface area contributed by atoms with E-state index in [1.165, 1.54) is 51.4 Å². The molecule has 0 N–H and O–H groups in total. The fourth-order valence-electron chi connectivity index (χ4n) is 4.74. The molecule has 0 spiro atoms. The minimum atomic E-state index is 0.845. The van der Waals surface area contributed by atoms with Crippen LogP contribution in [-0.4, -0.2) is 0 Å². The van der Waals surface area contributed by atoms with E-state index in [-0.39, 0.29) is 0 Å². The van der Waals surface area contributed by atoms with Crippen LogP contribution in [0.1, 0.15) is 69.8 Å². The Morgan fingerprint density at radius 3 is 2.32 bits per heavy atom. The molecular formula is C19H28. The van der Waals surface area contributed by atoms with Crippen LogP contribution < -0.4 is 0 Å². The average Bonchev–Trinajstić information content (AvgIpc) is 2.98. The highest BCUT2D eigenvalue weighted by atomic mass is 14.4. The largest absolute Gasteiger partial charge is 0.0622 e. The summed E-state index contributed by atoms with van der Waals surface area (Å²) in [4.78, 5) is 0. The van der Waals surface area contributed by atoms with Crippen molar-refractivity contribution in [2.24, 2.45) is 17.8 Å². The molecule has 0 heteroatoms. The Balaban J connectivity index is 1.72. The molecule has 2 aliphatic carbocycles. The van der Waals surface area contributed by atoms with Crippen LogP contribution in [0.2, 0.25) is 0 Å². The first-order chi connectivity index (χ1) is 9.36. The topological polar surface area (TPSA) is 0 Å². The van der Waals surface area contributed by atoms with E-state index < -0.39 is 0 Å². The molecular weight excluding hydrogens is 228 g/mol. The van der Waals surface area contributed by atoms with Crippen molar-refractivity contribution in [3.05, 3.63) is 35.9 Å². The molecule has 0 aliphatic heterocycles. The van der Waals surface area contributed by atoms with Gasteiger partial charge in [0.05, 0.1) is 0 Å². The quantitative estimate of drug-likeness (QED) is 0.642. The Hall–Kier alpha value is -0.780. The predicted molar refractivity (Wildman–Crippen MR) is 82.3 cm³/mol. The fourth-order valence-corrected chi connectivity index (χ4v) is 4.74. The second kappa shape index (κ2) is 6.11. The van der Waals surface area contributed by atoms with Crippen LogP contribution in [0, 0.1) is 17.8 Å². The molecule has 0 nitrogen and oxygen atoms in total. The SMILES string of the molecule is C[C@@H](C1CCCCC1)C1CCCC1c1ccccc1. The second-order valence-corrected chi connectivity index (χ2v) is 6.87. The summed E-state index contributed by atoms with van der Waals surface area (Å²) in [7, 11) is 0. The maximum atomic E-state index is 2.56. The molecule has 2 aliphatic rings. The summed E-state index contributed by atoms with van der Waals surface area (Å²) in [5.41, 5.74) is 1.60. The summed E-state index contributed by atoms with van der Waals surface area (Å²) in [5, 5.41) is 0. The number of hydrogen-bond acceptors (Lipinski definition) is 0. The molecule has 0 radical (unpaired) electrons. The van der Waals surface area contributed by atoms with Gasteiger partial charge in [0.25, 0.3) is 0 Å². The van der Waals surface area contributed by atoms with E-state index in [9.17, 15) is 0 Å². The van der Waals surface area contributed by atoms with Crippen molar-refractivity contribution in [2.45, 2.75) is 64.2 Å². The zero-order valence-electron chi connectivity index (χ0n) is 12.4. The zero-order chi connectivity index (χ0) is 13.1. The highest BCUT2D eigenvalue weighted by Crippen LogP contribution is 2.47. The minimum Gasteiger partial charge on any atom is -0.0622 e. The molecule has 0 amide bonds. The molecule has 2 fully saturated rings. The molecule has 2 unspecified atom stereocenters. The van der Waals surface area contributed by atoms with E-state index in [1.807, 2.05) is 0 Å². The van der Waals surface area contributed by atoms with Gasteiger partial charge in [0, 0.05) is 0 Å². The normalized spacial score (nSPS) is 30.4. The van der Waals surface area contributed by atoms with Crippen LogP contribution in [-0.2, 0) is 0 Å². The van der Waals surface area contributed by atoms with E-state index in [2.05, 4.69) is 37.3 Å². The van der Waals surface area contributed by atoms with Gasteiger partial charge in [-0.2, -0.15) is 0 Å². The number of hydrogen-bond donors (Lipinski definition) is 0. The lowest BCUT2D eigenvalue weighted by atomic mass is 9.71. The average molecular weight is 256 g/mol. The van der Waals surface area contributed by atoms with Gasteiger partial charge in [-0.25, -0.2) is 0 Å². The van der Waals surface area contributed by atoms with Gasteiger partial charge in [0.1, 0.15) is 0 Å². The maximum absolute atomic E-state index is 2.56. The molecule has 0 saturated heterocycles. The van der Waals surface area contributed by atoms with Crippen molar-refractivity contribution < 1.29 is 0 Å². The third-order valence-corrected chi connectivity index (χ3v) is 5.87. The first-order valence-corrected chi connectivity index (χ1v) is 8.41. The first-order valence-electron chi connectivity index (χ1n) is 8.41. The maximum Gasteiger partial charge on any atom is -0.0131 e. The summed E-state index contributed by atoms with van der Waals surface area (Å²) in [5.74, 6) is 3.75. The van der Waals surface area contributed by atoms with E-state index in [4.69, 9.17) is 0 Å². The second-order valence-electron chi connectivity index (χ2n) is 6.87. The van der Waals surface area contributed by atoms with Crippen LogP contribution in [0.4, 0.5) is 0 Å². The molecule has 1 aromatic carbocycles. The van der Waals surface area contributed by atoms with Crippen LogP contribution in [0.25, 0.3) is 0 Å². The van der Waals surface area contributed by atoms with Gasteiger partial charge in [-0.15, -0.1) is 0 Å². The monoisotopic (exact) mass is 256 g/mol. The molecule has 0 bridgehead atoms. The highest BCUT2D eigenvalue weighted by molar-refractivity contribution is 5.21. The molecule has 19 heavy (non-hydrogen) atoms. The summed E-state index contributed by atoms with van der Waals surface area (Å²) in [6.07, 6.45) is 11.8. The third kappa shape index (κ3) is 2.88. The summed E-state index contributed by atoms with van der Waals surface area (Å²) < 4.78 is 0. The van der Waals surface area contributed by atoms with E-state index in [1.54, 1.807) is 5.56 Å².